The number of hydrogen-bond donors (Lipinski definition) is 1. The van der Waals surface area contributed by atoms with Crippen molar-refractivity contribution < 1.29 is 23.8 Å². The van der Waals surface area contributed by atoms with E-state index in [0.717, 1.165) is 17.3 Å². The van der Waals surface area contributed by atoms with Crippen molar-refractivity contribution in [1.29, 1.82) is 0 Å². The largest absolute Gasteiger partial charge is 0.493 e. The number of nitrogens with one attached hydrogen (secondary N) is 1. The van der Waals surface area contributed by atoms with E-state index >= 15 is 0 Å². The summed E-state index contributed by atoms with van der Waals surface area (Å²) in [6.07, 6.45) is 0. The smallest absolute Gasteiger partial charge is 0.358 e. The average Bonchev–Trinajstić information content (AvgIpc) is 3.47. The predicted molar refractivity (Wildman–Crippen MR) is 117 cm³/mol. The van der Waals surface area contributed by atoms with Crippen LogP contribution in [0.5, 0.6) is 11.5 Å². The Balaban J connectivity index is 1.39. The zero-order chi connectivity index (χ0) is 21.8. The Morgan fingerprint density at radius 3 is 2.71 bits per heavy atom. The van der Waals surface area contributed by atoms with Gasteiger partial charge >= 0.3 is 5.97 Å². The van der Waals surface area contributed by atoms with E-state index in [-0.39, 0.29) is 5.69 Å². The Bertz CT molecular complexity index is 1250. The normalized spacial score (nSPS) is 10.6. The second kappa shape index (κ2) is 9.06. The first-order valence-corrected chi connectivity index (χ1v) is 10.6. The number of hydrogen-bond acceptors (Lipinski definition) is 10. The molecule has 0 spiro atoms. The standard InChI is InChI=1S/C20H16N4O5S2/c1-27-15-7-6-11(8-16(15)28-2)19-22-14(10-30-19)20(26)29-9-17(25)21-12-4-3-5-13-18(12)24-31-23-13/h3-8,10H,9H2,1-2H3,(H,21,25). The van der Waals surface area contributed by atoms with Gasteiger partial charge in [0.1, 0.15) is 16.0 Å². The monoisotopic (exact) mass is 456 g/mol. The molecule has 0 radical (unpaired) electrons. The fourth-order valence-corrected chi connectivity index (χ4v) is 4.10. The minimum atomic E-state index is -0.688. The van der Waals surface area contributed by atoms with Gasteiger partial charge in [-0.1, -0.05) is 6.07 Å². The van der Waals surface area contributed by atoms with Crippen molar-refractivity contribution in [2.45, 2.75) is 0 Å². The summed E-state index contributed by atoms with van der Waals surface area (Å²) < 4.78 is 23.9. The van der Waals surface area contributed by atoms with E-state index in [1.54, 1.807) is 49.9 Å². The molecule has 0 saturated heterocycles. The molecule has 0 atom stereocenters. The van der Waals surface area contributed by atoms with Crippen LogP contribution in [0.25, 0.3) is 21.6 Å². The molecule has 0 bridgehead atoms. The van der Waals surface area contributed by atoms with Gasteiger partial charge in [-0.2, -0.15) is 8.75 Å². The minimum absolute atomic E-state index is 0.119. The zero-order valence-corrected chi connectivity index (χ0v) is 18.1. The van der Waals surface area contributed by atoms with Crippen LogP contribution < -0.4 is 14.8 Å². The molecule has 1 N–H and O–H groups in total. The minimum Gasteiger partial charge on any atom is -0.493 e. The van der Waals surface area contributed by atoms with Crippen LogP contribution in [-0.4, -0.2) is 46.4 Å². The van der Waals surface area contributed by atoms with Gasteiger partial charge in [-0.05, 0) is 30.3 Å². The molecular weight excluding hydrogens is 440 g/mol. The summed E-state index contributed by atoms with van der Waals surface area (Å²) >= 11 is 2.34. The van der Waals surface area contributed by atoms with Crippen LogP contribution >= 0.6 is 23.1 Å². The second-order valence-electron chi connectivity index (χ2n) is 6.17. The highest BCUT2D eigenvalue weighted by Crippen LogP contribution is 2.33. The molecule has 0 fully saturated rings. The summed E-state index contributed by atoms with van der Waals surface area (Å²) in [6.45, 7) is -0.448. The number of benzene rings is 2. The molecule has 2 aromatic carbocycles. The lowest BCUT2D eigenvalue weighted by Gasteiger charge is -2.08. The molecule has 4 aromatic rings. The summed E-state index contributed by atoms with van der Waals surface area (Å²) in [5.74, 6) is -0.0187. The third-order valence-corrected chi connectivity index (χ3v) is 5.67. The quantitative estimate of drug-likeness (QED) is 0.420. The molecule has 0 unspecified atom stereocenters. The number of esters is 1. The van der Waals surface area contributed by atoms with E-state index < -0.39 is 18.5 Å². The summed E-state index contributed by atoms with van der Waals surface area (Å²) in [5.41, 5.74) is 2.67. The highest BCUT2D eigenvalue weighted by molar-refractivity contribution is 7.13. The van der Waals surface area contributed by atoms with Gasteiger partial charge in [-0.3, -0.25) is 4.79 Å². The fourth-order valence-electron chi connectivity index (χ4n) is 2.77. The number of fused-ring (bicyclic) bond motifs is 1. The average molecular weight is 457 g/mol. The van der Waals surface area contributed by atoms with Crippen LogP contribution in [0.15, 0.2) is 41.8 Å². The lowest BCUT2D eigenvalue weighted by molar-refractivity contribution is -0.119. The van der Waals surface area contributed by atoms with Crippen molar-refractivity contribution in [2.24, 2.45) is 0 Å². The summed E-state index contributed by atoms with van der Waals surface area (Å²) in [5, 5.41) is 4.87. The first-order valence-electron chi connectivity index (χ1n) is 8.95. The number of anilines is 1. The summed E-state index contributed by atoms with van der Waals surface area (Å²) in [7, 11) is 3.10. The van der Waals surface area contributed by atoms with Crippen LogP contribution in [0.2, 0.25) is 0 Å². The van der Waals surface area contributed by atoms with Gasteiger partial charge in [0.05, 0.1) is 31.6 Å². The van der Waals surface area contributed by atoms with Crippen molar-refractivity contribution in [3.8, 4) is 22.1 Å². The maximum Gasteiger partial charge on any atom is 0.358 e. The second-order valence-corrected chi connectivity index (χ2v) is 7.56. The van der Waals surface area contributed by atoms with Gasteiger partial charge in [0.25, 0.3) is 5.91 Å². The summed E-state index contributed by atoms with van der Waals surface area (Å²) in [6, 6.07) is 10.6. The van der Waals surface area contributed by atoms with E-state index in [9.17, 15) is 9.59 Å². The molecule has 158 valence electrons. The Morgan fingerprint density at radius 1 is 1.06 bits per heavy atom. The van der Waals surface area contributed by atoms with Crippen molar-refractivity contribution in [3.05, 3.63) is 47.5 Å². The van der Waals surface area contributed by atoms with Gasteiger partial charge in [-0.15, -0.1) is 11.3 Å². The van der Waals surface area contributed by atoms with Gasteiger partial charge in [0.15, 0.2) is 23.8 Å². The molecule has 4 rings (SSSR count). The molecule has 0 saturated carbocycles. The molecule has 0 aliphatic heterocycles. The molecule has 2 heterocycles. The van der Waals surface area contributed by atoms with Crippen LogP contribution in [0.3, 0.4) is 0 Å². The molecule has 11 heteroatoms. The molecular formula is C20H16N4O5S2. The first kappa shape index (κ1) is 20.7. The molecule has 31 heavy (non-hydrogen) atoms. The van der Waals surface area contributed by atoms with E-state index in [2.05, 4.69) is 19.0 Å². The van der Waals surface area contributed by atoms with Crippen molar-refractivity contribution >= 4 is 51.7 Å². The Kier molecular flexibility index (Phi) is 6.05. The van der Waals surface area contributed by atoms with E-state index in [1.165, 1.54) is 11.3 Å². The Hall–Kier alpha value is -3.57. The Morgan fingerprint density at radius 2 is 1.90 bits per heavy atom. The highest BCUT2D eigenvalue weighted by atomic mass is 32.1. The lowest BCUT2D eigenvalue weighted by Crippen LogP contribution is -2.21. The number of aromatic nitrogens is 3. The molecule has 0 aliphatic carbocycles. The van der Waals surface area contributed by atoms with Crippen molar-refractivity contribution in [3.63, 3.8) is 0 Å². The number of carbonyl (C=O) groups excluding carboxylic acids is 2. The molecule has 2 aromatic heterocycles. The van der Waals surface area contributed by atoms with Crippen LogP contribution in [0.1, 0.15) is 10.5 Å². The third-order valence-electron chi connectivity index (χ3n) is 4.24. The van der Waals surface area contributed by atoms with E-state index in [1.807, 2.05) is 6.07 Å². The highest BCUT2D eigenvalue weighted by Gasteiger charge is 2.17. The topological polar surface area (TPSA) is 113 Å². The van der Waals surface area contributed by atoms with Gasteiger partial charge in [-0.25, -0.2) is 9.78 Å². The number of thiazole rings is 1. The summed E-state index contributed by atoms with van der Waals surface area (Å²) in [4.78, 5) is 28.8. The lowest BCUT2D eigenvalue weighted by atomic mass is 10.2. The fraction of sp³-hybridized carbons (Fsp3) is 0.150. The number of methoxy groups -OCH3 is 2. The number of amides is 1. The van der Waals surface area contributed by atoms with Crippen LogP contribution in [0, 0.1) is 0 Å². The van der Waals surface area contributed by atoms with Gasteiger partial charge in [0.2, 0.25) is 0 Å². The first-order chi connectivity index (χ1) is 15.1. The van der Waals surface area contributed by atoms with E-state index in [4.69, 9.17) is 14.2 Å². The molecule has 1 amide bonds. The van der Waals surface area contributed by atoms with Crippen LogP contribution in [0.4, 0.5) is 5.69 Å². The van der Waals surface area contributed by atoms with Gasteiger partial charge < -0.3 is 19.5 Å². The maximum absolute atomic E-state index is 12.3. The van der Waals surface area contributed by atoms with Crippen molar-refractivity contribution in [1.82, 2.24) is 13.7 Å². The number of ether oxygens (including phenoxy) is 3. The molecule has 0 aliphatic rings. The molecule has 9 nitrogen and oxygen atoms in total. The van der Waals surface area contributed by atoms with Crippen LogP contribution in [-0.2, 0) is 9.53 Å². The Labute approximate surface area is 184 Å². The SMILES string of the molecule is COc1ccc(-c2nc(C(=O)OCC(=O)Nc3cccc4nsnc34)cs2)cc1OC. The number of nitrogens with zero attached hydrogens (tertiary/aromatic N) is 3. The van der Waals surface area contributed by atoms with E-state index in [0.29, 0.717) is 33.2 Å². The predicted octanol–water partition coefficient (Wildman–Crippen LogP) is 3.63. The third kappa shape index (κ3) is 4.47. The number of carbonyl (C=O) groups is 2. The zero-order valence-electron chi connectivity index (χ0n) is 16.4. The van der Waals surface area contributed by atoms with Crippen molar-refractivity contribution in [2.75, 3.05) is 26.1 Å². The number of rotatable bonds is 7. The maximum atomic E-state index is 12.3. The van der Waals surface area contributed by atoms with Gasteiger partial charge in [0, 0.05) is 10.9 Å².